The zero-order valence-corrected chi connectivity index (χ0v) is 13.3. The van der Waals surface area contributed by atoms with E-state index < -0.39 is 0 Å². The van der Waals surface area contributed by atoms with Crippen LogP contribution in [0.25, 0.3) is 0 Å². The van der Waals surface area contributed by atoms with Crippen molar-refractivity contribution in [2.75, 3.05) is 0 Å². The summed E-state index contributed by atoms with van der Waals surface area (Å²) in [6.45, 7) is 2.16. The lowest BCUT2D eigenvalue weighted by molar-refractivity contribution is -0.268. The fraction of sp³-hybridized carbons (Fsp3) is 1.00. The normalized spacial score (nSPS) is 63.8. The quantitative estimate of drug-likeness (QED) is 0.491. The van der Waals surface area contributed by atoms with E-state index >= 15 is 0 Å². The van der Waals surface area contributed by atoms with E-state index in [2.05, 4.69) is 54.7 Å². The van der Waals surface area contributed by atoms with E-state index in [-0.39, 0.29) is 18.6 Å². The monoisotopic (exact) mass is 401 g/mol. The Morgan fingerprint density at radius 1 is 0.933 bits per heavy atom. The Morgan fingerprint density at radius 2 is 1.40 bits per heavy atom. The van der Waals surface area contributed by atoms with Crippen LogP contribution >= 0.6 is 47.8 Å². The molecule has 2 saturated heterocycles. The number of piperidine rings is 2. The van der Waals surface area contributed by atoms with Gasteiger partial charge in [-0.15, -0.1) is 0 Å². The van der Waals surface area contributed by atoms with Crippen molar-refractivity contribution < 1.29 is 5.21 Å². The van der Waals surface area contributed by atoms with E-state index in [1.807, 2.05) is 0 Å². The first kappa shape index (κ1) is 11.5. The largest absolute Gasteiger partial charge is 0.312 e. The van der Waals surface area contributed by atoms with Crippen molar-refractivity contribution in [1.82, 2.24) is 5.06 Å². The summed E-state index contributed by atoms with van der Waals surface area (Å²) in [5, 5.41) is 11.9. The maximum absolute atomic E-state index is 10.3. The second kappa shape index (κ2) is 2.85. The van der Waals surface area contributed by atoms with Gasteiger partial charge in [-0.1, -0.05) is 47.8 Å². The molecule has 0 amide bonds. The molecule has 86 valence electrons. The van der Waals surface area contributed by atoms with Crippen molar-refractivity contribution in [3.8, 4) is 0 Å². The average molecular weight is 404 g/mol. The molecule has 2 heterocycles. The second-order valence-corrected chi connectivity index (χ2v) is 10.8. The molecule has 4 bridgehead atoms. The van der Waals surface area contributed by atoms with Gasteiger partial charge in [0.25, 0.3) is 0 Å². The Morgan fingerprint density at radius 3 is 1.80 bits per heavy atom. The van der Waals surface area contributed by atoms with E-state index in [0.29, 0.717) is 0 Å². The molecule has 2 aliphatic carbocycles. The number of alkyl halides is 3. The van der Waals surface area contributed by atoms with Gasteiger partial charge in [-0.05, 0) is 39.0 Å². The standard InChI is InChI=1S/C10H14Br3NO/c1-7-2-8(11)4-9(12,3-7)6-10(13,5-8)14(7)15/h15H,2-6H2,1H3. The molecular weight excluding hydrogens is 390 g/mol. The van der Waals surface area contributed by atoms with E-state index in [0.717, 1.165) is 32.1 Å². The molecule has 0 aromatic rings. The summed E-state index contributed by atoms with van der Waals surface area (Å²) in [5.41, 5.74) is -0.106. The molecule has 4 fully saturated rings. The highest BCUT2D eigenvalue weighted by atomic mass is 79.9. The summed E-state index contributed by atoms with van der Waals surface area (Å²) >= 11 is 11.5. The molecule has 1 N–H and O–H groups in total. The molecule has 0 aromatic carbocycles. The van der Waals surface area contributed by atoms with Crippen LogP contribution < -0.4 is 0 Å². The average Bonchev–Trinajstić information content (AvgIpc) is 1.93. The molecule has 2 aliphatic heterocycles. The van der Waals surface area contributed by atoms with Gasteiger partial charge < -0.3 is 5.21 Å². The van der Waals surface area contributed by atoms with Gasteiger partial charge in [0.1, 0.15) is 4.45 Å². The number of halogens is 3. The van der Waals surface area contributed by atoms with Crippen LogP contribution in [0.3, 0.4) is 0 Å². The van der Waals surface area contributed by atoms with Crippen LogP contribution in [0.4, 0.5) is 0 Å². The molecule has 2 atom stereocenters. The number of hydrogen-bond donors (Lipinski definition) is 1. The maximum Gasteiger partial charge on any atom is 0.104 e. The lowest BCUT2D eigenvalue weighted by Gasteiger charge is -2.68. The van der Waals surface area contributed by atoms with Crippen molar-refractivity contribution in [3.05, 3.63) is 0 Å². The first-order chi connectivity index (χ1) is 6.69. The van der Waals surface area contributed by atoms with Crippen LogP contribution in [0.5, 0.6) is 0 Å². The van der Waals surface area contributed by atoms with Gasteiger partial charge in [-0.2, -0.15) is 5.06 Å². The molecule has 2 saturated carbocycles. The lowest BCUT2D eigenvalue weighted by Crippen LogP contribution is -2.74. The molecule has 15 heavy (non-hydrogen) atoms. The van der Waals surface area contributed by atoms with Crippen molar-refractivity contribution in [1.29, 1.82) is 0 Å². The Bertz CT molecular complexity index is 291. The summed E-state index contributed by atoms with van der Waals surface area (Å²) < 4.78 is 0.123. The fourth-order valence-electron chi connectivity index (χ4n) is 4.19. The number of rotatable bonds is 0. The van der Waals surface area contributed by atoms with Crippen LogP contribution in [0, 0.1) is 0 Å². The third-order valence-electron chi connectivity index (χ3n) is 4.10. The van der Waals surface area contributed by atoms with Crippen LogP contribution in [0.1, 0.15) is 39.0 Å². The molecule has 0 aromatic heterocycles. The minimum Gasteiger partial charge on any atom is -0.312 e. The molecule has 2 unspecified atom stereocenters. The molecule has 4 aliphatic rings. The van der Waals surface area contributed by atoms with Crippen LogP contribution in [0.15, 0.2) is 0 Å². The van der Waals surface area contributed by atoms with E-state index in [9.17, 15) is 5.21 Å². The molecular formula is C10H14Br3NO. The Hall–Kier alpha value is 1.36. The SMILES string of the molecule is CC12CC3(Br)CC(Br)(C1)CC(Br)(C3)N2O. The van der Waals surface area contributed by atoms with Gasteiger partial charge in [0.05, 0.1) is 0 Å². The Kier molecular flexibility index (Phi) is 2.17. The number of nitrogens with zero attached hydrogens (tertiary/aromatic N) is 1. The van der Waals surface area contributed by atoms with Crippen LogP contribution in [-0.4, -0.2) is 28.9 Å². The first-order valence-corrected chi connectivity index (χ1v) is 7.63. The van der Waals surface area contributed by atoms with Crippen molar-refractivity contribution >= 4 is 47.8 Å². The topological polar surface area (TPSA) is 23.5 Å². The van der Waals surface area contributed by atoms with Gasteiger partial charge in [0.15, 0.2) is 0 Å². The molecule has 4 rings (SSSR count). The van der Waals surface area contributed by atoms with Gasteiger partial charge in [-0.3, -0.25) is 0 Å². The van der Waals surface area contributed by atoms with Crippen molar-refractivity contribution in [2.45, 2.75) is 57.7 Å². The maximum atomic E-state index is 10.3. The first-order valence-electron chi connectivity index (χ1n) is 5.25. The summed E-state index contributed by atoms with van der Waals surface area (Å²) in [4.78, 5) is 0. The van der Waals surface area contributed by atoms with E-state index in [1.165, 1.54) is 0 Å². The molecule has 5 heteroatoms. The predicted molar refractivity (Wildman–Crippen MR) is 70.1 cm³/mol. The highest BCUT2D eigenvalue weighted by molar-refractivity contribution is 9.11. The van der Waals surface area contributed by atoms with Crippen LogP contribution in [-0.2, 0) is 0 Å². The highest BCUT2D eigenvalue weighted by Gasteiger charge is 2.69. The van der Waals surface area contributed by atoms with Gasteiger partial charge in [0.2, 0.25) is 0 Å². The van der Waals surface area contributed by atoms with E-state index in [4.69, 9.17) is 0 Å². The summed E-state index contributed by atoms with van der Waals surface area (Å²) in [6.07, 6.45) is 5.16. The number of hydroxylamine groups is 2. The van der Waals surface area contributed by atoms with Crippen LogP contribution in [0.2, 0.25) is 0 Å². The Balaban J connectivity index is 2.12. The third kappa shape index (κ3) is 1.46. The van der Waals surface area contributed by atoms with Gasteiger partial charge in [0, 0.05) is 14.2 Å². The molecule has 0 radical (unpaired) electrons. The number of hydrogen-bond acceptors (Lipinski definition) is 2. The van der Waals surface area contributed by atoms with Crippen molar-refractivity contribution in [2.24, 2.45) is 0 Å². The smallest absolute Gasteiger partial charge is 0.104 e. The zero-order valence-electron chi connectivity index (χ0n) is 8.56. The minimum atomic E-state index is -0.247. The van der Waals surface area contributed by atoms with E-state index in [1.54, 1.807) is 5.06 Å². The minimum absolute atomic E-state index is 0.106. The summed E-state index contributed by atoms with van der Waals surface area (Å²) in [5.74, 6) is 0. The molecule has 0 spiro atoms. The predicted octanol–water partition coefficient (Wildman–Crippen LogP) is 3.79. The summed E-state index contributed by atoms with van der Waals surface area (Å²) in [6, 6.07) is 0. The van der Waals surface area contributed by atoms with Gasteiger partial charge >= 0.3 is 0 Å². The van der Waals surface area contributed by atoms with Crippen molar-refractivity contribution in [3.63, 3.8) is 0 Å². The second-order valence-electron chi connectivity index (χ2n) is 5.91. The molecule has 2 nitrogen and oxygen atoms in total. The third-order valence-corrected chi connectivity index (χ3v) is 6.67. The van der Waals surface area contributed by atoms with Gasteiger partial charge in [-0.25, -0.2) is 0 Å². The highest BCUT2D eigenvalue weighted by Crippen LogP contribution is 2.68. The Labute approximate surface area is 115 Å². The lowest BCUT2D eigenvalue weighted by atomic mass is 9.59. The fourth-order valence-corrected chi connectivity index (χ4v) is 10.0. The summed E-state index contributed by atoms with van der Waals surface area (Å²) in [7, 11) is 0. The zero-order chi connectivity index (χ0) is 11.1.